The van der Waals surface area contributed by atoms with E-state index in [1.165, 1.54) is 11.1 Å². The fraction of sp³-hybridized carbons (Fsp3) is 0.533. The van der Waals surface area contributed by atoms with Crippen molar-refractivity contribution >= 4 is 0 Å². The van der Waals surface area contributed by atoms with E-state index >= 15 is 0 Å². The summed E-state index contributed by atoms with van der Waals surface area (Å²) in [5.74, 6) is 1.40. The van der Waals surface area contributed by atoms with Gasteiger partial charge < -0.3 is 4.74 Å². The maximum Gasteiger partial charge on any atom is 0.127 e. The summed E-state index contributed by atoms with van der Waals surface area (Å²) in [5.41, 5.74) is 3.53. The van der Waals surface area contributed by atoms with Gasteiger partial charge in [0.05, 0.1) is 18.6 Å². The zero-order chi connectivity index (χ0) is 12.4. The number of ether oxygens (including phenoxy) is 1. The standard InChI is InChI=1S/C15H19NO/c1-10(2)13-7-6-11(3)14-12(9-16)5-4-8-17-15(13)14/h6-7,10,12H,4-5,8H2,1-3H3. The molecule has 1 heterocycles. The molecule has 0 amide bonds. The Kier molecular flexibility index (Phi) is 3.38. The fourth-order valence-electron chi connectivity index (χ4n) is 2.50. The molecule has 2 heteroatoms. The third kappa shape index (κ3) is 2.15. The van der Waals surface area contributed by atoms with Crippen molar-refractivity contribution in [3.05, 3.63) is 28.8 Å². The van der Waals surface area contributed by atoms with Crippen LogP contribution < -0.4 is 4.74 Å². The van der Waals surface area contributed by atoms with E-state index in [9.17, 15) is 5.26 Å². The monoisotopic (exact) mass is 229 g/mol. The highest BCUT2D eigenvalue weighted by Gasteiger charge is 2.24. The number of hydrogen-bond donors (Lipinski definition) is 0. The molecule has 2 rings (SSSR count). The number of rotatable bonds is 1. The summed E-state index contributed by atoms with van der Waals surface area (Å²) in [6, 6.07) is 6.68. The zero-order valence-electron chi connectivity index (χ0n) is 10.8. The first-order valence-electron chi connectivity index (χ1n) is 6.31. The van der Waals surface area contributed by atoms with Gasteiger partial charge in [0.1, 0.15) is 5.75 Å². The SMILES string of the molecule is Cc1ccc(C(C)C)c2c1C(C#N)CCCO2. The number of aryl methyl sites for hydroxylation is 1. The largest absolute Gasteiger partial charge is 0.493 e. The first kappa shape index (κ1) is 12.0. The Hall–Kier alpha value is -1.49. The third-order valence-electron chi connectivity index (χ3n) is 3.45. The number of hydrogen-bond acceptors (Lipinski definition) is 2. The summed E-state index contributed by atoms with van der Waals surface area (Å²) in [7, 11) is 0. The normalized spacial score (nSPS) is 19.1. The molecule has 1 aromatic carbocycles. The van der Waals surface area contributed by atoms with Crippen molar-refractivity contribution < 1.29 is 4.74 Å². The molecule has 0 spiro atoms. The molecule has 1 aliphatic heterocycles. The molecule has 2 nitrogen and oxygen atoms in total. The maximum atomic E-state index is 9.31. The topological polar surface area (TPSA) is 33.0 Å². The lowest BCUT2D eigenvalue weighted by atomic mass is 9.88. The molecule has 0 bridgehead atoms. The van der Waals surface area contributed by atoms with Crippen molar-refractivity contribution in [2.75, 3.05) is 6.61 Å². The van der Waals surface area contributed by atoms with Crippen LogP contribution in [-0.4, -0.2) is 6.61 Å². The minimum absolute atomic E-state index is 0.00815. The first-order valence-corrected chi connectivity index (χ1v) is 6.31. The van der Waals surface area contributed by atoms with Crippen LogP contribution in [0, 0.1) is 18.3 Å². The Morgan fingerprint density at radius 2 is 2.18 bits per heavy atom. The van der Waals surface area contributed by atoms with Crippen molar-refractivity contribution in [3.63, 3.8) is 0 Å². The van der Waals surface area contributed by atoms with E-state index in [2.05, 4.69) is 39.0 Å². The predicted molar refractivity (Wildman–Crippen MR) is 68.4 cm³/mol. The van der Waals surface area contributed by atoms with Gasteiger partial charge in [-0.25, -0.2) is 0 Å². The molecular weight excluding hydrogens is 210 g/mol. The van der Waals surface area contributed by atoms with Crippen molar-refractivity contribution in [1.82, 2.24) is 0 Å². The molecule has 1 atom stereocenters. The quantitative estimate of drug-likeness (QED) is 0.731. The van der Waals surface area contributed by atoms with E-state index in [4.69, 9.17) is 4.74 Å². The van der Waals surface area contributed by atoms with E-state index in [1.54, 1.807) is 0 Å². The van der Waals surface area contributed by atoms with Crippen LogP contribution in [0.4, 0.5) is 0 Å². The number of nitriles is 1. The van der Waals surface area contributed by atoms with Crippen molar-refractivity contribution in [1.29, 1.82) is 5.26 Å². The van der Waals surface area contributed by atoms with Gasteiger partial charge in [0.25, 0.3) is 0 Å². The second-order valence-electron chi connectivity index (χ2n) is 5.04. The van der Waals surface area contributed by atoms with E-state index < -0.39 is 0 Å². The predicted octanol–water partition coefficient (Wildman–Crippen LogP) is 3.90. The highest BCUT2D eigenvalue weighted by Crippen LogP contribution is 2.40. The van der Waals surface area contributed by atoms with Gasteiger partial charge in [0, 0.05) is 5.56 Å². The lowest BCUT2D eigenvalue weighted by Crippen LogP contribution is -2.03. The van der Waals surface area contributed by atoms with Crippen LogP contribution in [0.2, 0.25) is 0 Å². The Balaban J connectivity index is 2.62. The molecule has 17 heavy (non-hydrogen) atoms. The Morgan fingerprint density at radius 3 is 2.82 bits per heavy atom. The van der Waals surface area contributed by atoms with E-state index in [-0.39, 0.29) is 5.92 Å². The van der Waals surface area contributed by atoms with E-state index in [1.807, 2.05) is 0 Å². The summed E-state index contributed by atoms with van der Waals surface area (Å²) >= 11 is 0. The molecule has 1 unspecified atom stereocenters. The van der Waals surface area contributed by atoms with Crippen LogP contribution in [0.5, 0.6) is 5.75 Å². The molecule has 0 saturated carbocycles. The molecule has 0 radical (unpaired) electrons. The van der Waals surface area contributed by atoms with Gasteiger partial charge in [-0.15, -0.1) is 0 Å². The highest BCUT2D eigenvalue weighted by molar-refractivity contribution is 5.51. The summed E-state index contributed by atoms with van der Waals surface area (Å²) in [5, 5.41) is 9.31. The van der Waals surface area contributed by atoms with Gasteiger partial charge in [-0.2, -0.15) is 5.26 Å². The molecule has 0 saturated heterocycles. The molecule has 0 aromatic heterocycles. The fourth-order valence-corrected chi connectivity index (χ4v) is 2.50. The van der Waals surface area contributed by atoms with Gasteiger partial charge in [0.2, 0.25) is 0 Å². The number of nitrogens with zero attached hydrogens (tertiary/aromatic N) is 1. The van der Waals surface area contributed by atoms with Crippen LogP contribution >= 0.6 is 0 Å². The molecule has 90 valence electrons. The van der Waals surface area contributed by atoms with E-state index in [0.717, 1.165) is 30.8 Å². The minimum atomic E-state index is -0.00815. The first-order chi connectivity index (χ1) is 8.15. The smallest absolute Gasteiger partial charge is 0.127 e. The maximum absolute atomic E-state index is 9.31. The molecule has 1 aliphatic rings. The van der Waals surface area contributed by atoms with Crippen molar-refractivity contribution in [2.45, 2.75) is 45.4 Å². The molecule has 0 fully saturated rings. The van der Waals surface area contributed by atoms with Gasteiger partial charge in [-0.1, -0.05) is 26.0 Å². The number of benzene rings is 1. The van der Waals surface area contributed by atoms with Gasteiger partial charge in [0.15, 0.2) is 0 Å². The third-order valence-corrected chi connectivity index (χ3v) is 3.45. The highest BCUT2D eigenvalue weighted by atomic mass is 16.5. The zero-order valence-corrected chi connectivity index (χ0v) is 10.8. The lowest BCUT2D eigenvalue weighted by molar-refractivity contribution is 0.312. The Bertz CT molecular complexity index is 457. The Morgan fingerprint density at radius 1 is 1.41 bits per heavy atom. The second-order valence-corrected chi connectivity index (χ2v) is 5.04. The van der Waals surface area contributed by atoms with Crippen LogP contribution in [0.25, 0.3) is 0 Å². The van der Waals surface area contributed by atoms with Crippen molar-refractivity contribution in [3.8, 4) is 11.8 Å². The minimum Gasteiger partial charge on any atom is -0.493 e. The summed E-state index contributed by atoms with van der Waals surface area (Å²) in [4.78, 5) is 0. The average Bonchev–Trinajstić information content (AvgIpc) is 2.51. The summed E-state index contributed by atoms with van der Waals surface area (Å²) < 4.78 is 5.90. The van der Waals surface area contributed by atoms with Crippen LogP contribution in [0.3, 0.4) is 0 Å². The van der Waals surface area contributed by atoms with Gasteiger partial charge >= 0.3 is 0 Å². The van der Waals surface area contributed by atoms with Gasteiger partial charge in [-0.05, 0) is 36.8 Å². The summed E-state index contributed by atoms with van der Waals surface area (Å²) in [6.07, 6.45) is 1.87. The Labute approximate surface area is 103 Å². The molecule has 0 aliphatic carbocycles. The van der Waals surface area contributed by atoms with E-state index in [0.29, 0.717) is 5.92 Å². The molecular formula is C15H19NO. The van der Waals surface area contributed by atoms with Crippen molar-refractivity contribution in [2.24, 2.45) is 0 Å². The van der Waals surface area contributed by atoms with Crippen LogP contribution in [0.15, 0.2) is 12.1 Å². The summed E-state index contributed by atoms with van der Waals surface area (Å²) in [6.45, 7) is 7.14. The van der Waals surface area contributed by atoms with Gasteiger partial charge in [-0.3, -0.25) is 0 Å². The number of fused-ring (bicyclic) bond motifs is 1. The average molecular weight is 229 g/mol. The molecule has 0 N–H and O–H groups in total. The van der Waals surface area contributed by atoms with Crippen LogP contribution in [-0.2, 0) is 0 Å². The second kappa shape index (κ2) is 4.79. The molecule has 1 aromatic rings. The lowest BCUT2D eigenvalue weighted by Gasteiger charge is -2.19. The van der Waals surface area contributed by atoms with Crippen LogP contribution in [0.1, 0.15) is 55.2 Å².